The molecule has 1 heterocycles. The maximum Gasteiger partial charge on any atom is 0.159 e. The lowest BCUT2D eigenvalue weighted by molar-refractivity contribution is 1.06. The van der Waals surface area contributed by atoms with Crippen LogP contribution in [0.15, 0.2) is 72.9 Å². The molecule has 3 rings (SSSR count). The van der Waals surface area contributed by atoms with Crippen molar-refractivity contribution in [3.63, 3.8) is 0 Å². The van der Waals surface area contributed by atoms with E-state index in [9.17, 15) is 0 Å². The zero-order valence-electron chi connectivity index (χ0n) is 9.82. The Balaban J connectivity index is 2.11. The van der Waals surface area contributed by atoms with Gasteiger partial charge in [-0.3, -0.25) is 10.00 Å². The van der Waals surface area contributed by atoms with Crippen LogP contribution >= 0.6 is 0 Å². The van der Waals surface area contributed by atoms with Gasteiger partial charge in [0, 0.05) is 23.6 Å². The van der Waals surface area contributed by atoms with Crippen molar-refractivity contribution in [2.45, 2.75) is 0 Å². The van der Waals surface area contributed by atoms with E-state index in [2.05, 4.69) is 39.4 Å². The first-order valence-corrected chi connectivity index (χ1v) is 5.85. The number of nitrogens with one attached hydrogen (secondary N) is 1. The van der Waals surface area contributed by atoms with Crippen LogP contribution in [0.4, 0.5) is 17.2 Å². The van der Waals surface area contributed by atoms with Crippen molar-refractivity contribution in [1.82, 2.24) is 10.2 Å². The van der Waals surface area contributed by atoms with E-state index in [1.54, 1.807) is 0 Å². The molecule has 0 saturated carbocycles. The van der Waals surface area contributed by atoms with Crippen LogP contribution in [0.1, 0.15) is 0 Å². The molecule has 0 aliphatic heterocycles. The molecule has 3 nitrogen and oxygen atoms in total. The highest BCUT2D eigenvalue weighted by Gasteiger charge is 2.12. The first kappa shape index (κ1) is 10.6. The maximum absolute atomic E-state index is 4.27. The highest BCUT2D eigenvalue weighted by atomic mass is 15.3. The molecule has 18 heavy (non-hydrogen) atoms. The van der Waals surface area contributed by atoms with Crippen molar-refractivity contribution < 1.29 is 0 Å². The normalized spacial score (nSPS) is 10.2. The van der Waals surface area contributed by atoms with Crippen LogP contribution in [0, 0.1) is 0 Å². The van der Waals surface area contributed by atoms with Crippen molar-refractivity contribution in [3.05, 3.63) is 72.9 Å². The summed E-state index contributed by atoms with van der Waals surface area (Å²) in [7, 11) is 0. The van der Waals surface area contributed by atoms with Crippen molar-refractivity contribution >= 4 is 17.2 Å². The van der Waals surface area contributed by atoms with Gasteiger partial charge in [0.05, 0.1) is 0 Å². The topological polar surface area (TPSA) is 31.9 Å². The zero-order chi connectivity index (χ0) is 12.2. The molecule has 0 spiro atoms. The number of anilines is 3. The van der Waals surface area contributed by atoms with Gasteiger partial charge in [-0.1, -0.05) is 36.4 Å². The quantitative estimate of drug-likeness (QED) is 0.747. The van der Waals surface area contributed by atoms with Gasteiger partial charge in [-0.15, -0.1) is 0 Å². The number of benzene rings is 2. The van der Waals surface area contributed by atoms with Crippen molar-refractivity contribution in [2.24, 2.45) is 0 Å². The summed E-state index contributed by atoms with van der Waals surface area (Å²) in [5.74, 6) is 0.882. The number of hydrogen-bond donors (Lipinski definition) is 1. The Hall–Kier alpha value is -2.55. The number of rotatable bonds is 3. The molecule has 0 amide bonds. The SMILES string of the molecule is c1ccc(N(c2ccccc2)c2cc[nH]n2)cc1. The van der Waals surface area contributed by atoms with Gasteiger partial charge in [0.25, 0.3) is 0 Å². The van der Waals surface area contributed by atoms with E-state index in [0.29, 0.717) is 0 Å². The van der Waals surface area contributed by atoms with E-state index in [0.717, 1.165) is 17.2 Å². The number of para-hydroxylation sites is 2. The number of hydrogen-bond acceptors (Lipinski definition) is 2. The first-order chi connectivity index (χ1) is 8.95. The molecule has 3 heteroatoms. The fourth-order valence-electron chi connectivity index (χ4n) is 1.94. The lowest BCUT2D eigenvalue weighted by Gasteiger charge is -2.22. The zero-order valence-corrected chi connectivity index (χ0v) is 9.82. The van der Waals surface area contributed by atoms with Crippen LogP contribution in [0.5, 0.6) is 0 Å². The van der Waals surface area contributed by atoms with Gasteiger partial charge >= 0.3 is 0 Å². The van der Waals surface area contributed by atoms with E-state index in [4.69, 9.17) is 0 Å². The average molecular weight is 235 g/mol. The third-order valence-electron chi connectivity index (χ3n) is 2.74. The third kappa shape index (κ3) is 1.98. The van der Waals surface area contributed by atoms with Crippen LogP contribution in [0.3, 0.4) is 0 Å². The standard InChI is InChI=1S/C15H13N3/c1-3-7-13(8-4-1)18(15-11-12-16-17-15)14-9-5-2-6-10-14/h1-12H,(H,16,17). The molecule has 0 atom stereocenters. The number of H-pyrrole nitrogens is 1. The predicted octanol–water partition coefficient (Wildman–Crippen LogP) is 3.88. The molecule has 1 N–H and O–H groups in total. The number of aromatic nitrogens is 2. The molecule has 3 aromatic rings. The summed E-state index contributed by atoms with van der Waals surface area (Å²) in [6, 6.07) is 22.4. The summed E-state index contributed by atoms with van der Waals surface area (Å²) in [6.07, 6.45) is 1.83. The molecule has 88 valence electrons. The molecular formula is C15H13N3. The Morgan fingerprint density at radius 3 is 1.72 bits per heavy atom. The molecule has 0 aliphatic carbocycles. The monoisotopic (exact) mass is 235 g/mol. The molecule has 0 unspecified atom stereocenters. The molecule has 0 aliphatic rings. The minimum absolute atomic E-state index is 0.882. The summed E-state index contributed by atoms with van der Waals surface area (Å²) < 4.78 is 0. The maximum atomic E-state index is 4.27. The van der Waals surface area contributed by atoms with Crippen LogP contribution < -0.4 is 4.90 Å². The highest BCUT2D eigenvalue weighted by Crippen LogP contribution is 2.31. The Kier molecular flexibility index (Phi) is 2.80. The predicted molar refractivity (Wildman–Crippen MR) is 73.3 cm³/mol. The molecule has 2 aromatic carbocycles. The molecule has 0 bridgehead atoms. The van der Waals surface area contributed by atoms with Crippen molar-refractivity contribution in [2.75, 3.05) is 4.90 Å². The number of aromatic amines is 1. The first-order valence-electron chi connectivity index (χ1n) is 5.85. The second kappa shape index (κ2) is 4.75. The molecule has 1 aromatic heterocycles. The van der Waals surface area contributed by atoms with Gasteiger partial charge in [-0.05, 0) is 24.3 Å². The fraction of sp³-hybridized carbons (Fsp3) is 0. The van der Waals surface area contributed by atoms with E-state index in [1.807, 2.05) is 48.7 Å². The molecule has 0 radical (unpaired) electrons. The second-order valence-corrected chi connectivity index (χ2v) is 3.94. The lowest BCUT2D eigenvalue weighted by atomic mass is 10.2. The Labute approximate surface area is 106 Å². The summed E-state index contributed by atoms with van der Waals surface area (Å²) in [6.45, 7) is 0. The van der Waals surface area contributed by atoms with E-state index < -0.39 is 0 Å². The van der Waals surface area contributed by atoms with E-state index in [1.165, 1.54) is 0 Å². The van der Waals surface area contributed by atoms with Crippen LogP contribution in [-0.4, -0.2) is 10.2 Å². The van der Waals surface area contributed by atoms with Gasteiger partial charge in [-0.2, -0.15) is 5.10 Å². The molecule has 0 saturated heterocycles. The Bertz CT molecular complexity index is 549. The summed E-state index contributed by atoms with van der Waals surface area (Å²) in [5, 5.41) is 7.13. The minimum Gasteiger partial charge on any atom is -0.294 e. The van der Waals surface area contributed by atoms with Crippen LogP contribution in [-0.2, 0) is 0 Å². The Morgan fingerprint density at radius 1 is 0.722 bits per heavy atom. The van der Waals surface area contributed by atoms with Crippen molar-refractivity contribution in [1.29, 1.82) is 0 Å². The summed E-state index contributed by atoms with van der Waals surface area (Å²) in [4.78, 5) is 2.11. The van der Waals surface area contributed by atoms with Crippen molar-refractivity contribution in [3.8, 4) is 0 Å². The molecule has 0 fully saturated rings. The lowest BCUT2D eigenvalue weighted by Crippen LogP contribution is -2.09. The largest absolute Gasteiger partial charge is 0.294 e. The van der Waals surface area contributed by atoms with E-state index in [-0.39, 0.29) is 0 Å². The molecular weight excluding hydrogens is 222 g/mol. The van der Waals surface area contributed by atoms with Gasteiger partial charge in [0.1, 0.15) is 0 Å². The van der Waals surface area contributed by atoms with Gasteiger partial charge < -0.3 is 0 Å². The highest BCUT2D eigenvalue weighted by molar-refractivity contribution is 5.73. The summed E-state index contributed by atoms with van der Waals surface area (Å²) in [5.41, 5.74) is 2.19. The van der Waals surface area contributed by atoms with Gasteiger partial charge in [0.15, 0.2) is 5.82 Å². The van der Waals surface area contributed by atoms with Gasteiger partial charge in [0.2, 0.25) is 0 Å². The third-order valence-corrected chi connectivity index (χ3v) is 2.74. The number of nitrogens with zero attached hydrogens (tertiary/aromatic N) is 2. The van der Waals surface area contributed by atoms with Crippen LogP contribution in [0.25, 0.3) is 0 Å². The van der Waals surface area contributed by atoms with E-state index >= 15 is 0 Å². The fourth-order valence-corrected chi connectivity index (χ4v) is 1.94. The van der Waals surface area contributed by atoms with Gasteiger partial charge in [-0.25, -0.2) is 0 Å². The van der Waals surface area contributed by atoms with Crippen LogP contribution in [0.2, 0.25) is 0 Å². The second-order valence-electron chi connectivity index (χ2n) is 3.94. The average Bonchev–Trinajstić information content (AvgIpc) is 2.95. The summed E-state index contributed by atoms with van der Waals surface area (Å²) >= 11 is 0. The smallest absolute Gasteiger partial charge is 0.159 e. The Morgan fingerprint density at radius 2 is 1.28 bits per heavy atom. The minimum atomic E-state index is 0.882.